The fraction of sp³-hybridized carbons (Fsp3) is 0.657. The highest BCUT2D eigenvalue weighted by molar-refractivity contribution is 7.91. The van der Waals surface area contributed by atoms with Gasteiger partial charge in [-0.1, -0.05) is 51.7 Å². The number of fused-ring (bicyclic) bond motifs is 4. The van der Waals surface area contributed by atoms with E-state index in [4.69, 9.17) is 4.74 Å². The minimum Gasteiger partial charge on any atom is -0.493 e. The molecular formula is C35H55N3O4S+2. The first-order valence-corrected chi connectivity index (χ1v) is 18.4. The highest BCUT2D eigenvalue weighted by Crippen LogP contribution is 2.50. The average Bonchev–Trinajstić information content (AvgIpc) is 3.08. The molecule has 3 fully saturated rings. The highest BCUT2D eigenvalue weighted by atomic mass is 32.2. The normalized spacial score (nSPS) is 27.3. The van der Waals surface area contributed by atoms with E-state index < -0.39 is 27.3 Å². The lowest BCUT2D eigenvalue weighted by molar-refractivity contribution is -1.07. The summed E-state index contributed by atoms with van der Waals surface area (Å²) >= 11 is 0. The van der Waals surface area contributed by atoms with E-state index in [1.807, 2.05) is 55.4 Å². The number of nitrogens with one attached hydrogen (secondary N) is 1. The van der Waals surface area contributed by atoms with E-state index in [1.54, 1.807) is 11.0 Å². The van der Waals surface area contributed by atoms with E-state index in [9.17, 15) is 13.5 Å². The third-order valence-electron chi connectivity index (χ3n) is 10.8. The van der Waals surface area contributed by atoms with E-state index in [1.165, 1.54) is 50.3 Å². The molecular weight excluding hydrogens is 558 g/mol. The van der Waals surface area contributed by atoms with E-state index in [2.05, 4.69) is 13.8 Å². The van der Waals surface area contributed by atoms with Crippen molar-refractivity contribution in [2.24, 2.45) is 5.41 Å². The van der Waals surface area contributed by atoms with Crippen LogP contribution in [-0.4, -0.2) is 96.4 Å². The Bertz CT molecular complexity index is 1300. The van der Waals surface area contributed by atoms with E-state index in [-0.39, 0.29) is 5.75 Å². The summed E-state index contributed by atoms with van der Waals surface area (Å²) in [5.74, 6) is 0.385. The number of hydrogen-bond donors (Lipinski definition) is 2. The molecule has 238 valence electrons. The summed E-state index contributed by atoms with van der Waals surface area (Å²) in [7, 11) is 0.326. The first-order chi connectivity index (χ1) is 20.6. The Labute approximate surface area is 260 Å². The van der Waals surface area contributed by atoms with E-state index in [0.29, 0.717) is 29.9 Å². The number of sulfone groups is 1. The van der Waals surface area contributed by atoms with Crippen LogP contribution in [0.15, 0.2) is 47.4 Å². The van der Waals surface area contributed by atoms with Gasteiger partial charge in [-0.3, -0.25) is 0 Å². The molecule has 0 amide bonds. The number of benzene rings is 2. The van der Waals surface area contributed by atoms with Crippen molar-refractivity contribution in [2.45, 2.75) is 75.7 Å². The SMILES string of the molecule is CCCCC1(CCCC)CS(=O)(=O)c2ccc(N(C)C)cc2[C@@H](c2ccc(OCCC[N+]34CC[NH+](CC3)CC4)cc2)[C@H]1O. The summed E-state index contributed by atoms with van der Waals surface area (Å²) in [5.41, 5.74) is 1.89. The summed E-state index contributed by atoms with van der Waals surface area (Å²) in [6, 6.07) is 13.7. The fourth-order valence-corrected chi connectivity index (χ4v) is 10.2. The molecule has 0 aromatic heterocycles. The summed E-state index contributed by atoms with van der Waals surface area (Å²) in [4.78, 5) is 4.14. The second kappa shape index (κ2) is 13.5. The van der Waals surface area contributed by atoms with Crippen LogP contribution in [0, 0.1) is 5.41 Å². The van der Waals surface area contributed by atoms with Crippen molar-refractivity contribution < 1.29 is 27.6 Å². The molecule has 2 atom stereocenters. The Morgan fingerprint density at radius 1 is 0.953 bits per heavy atom. The second-order valence-corrected chi connectivity index (χ2v) is 15.8. The molecule has 0 radical (unpaired) electrons. The molecule has 43 heavy (non-hydrogen) atoms. The Morgan fingerprint density at radius 3 is 2.16 bits per heavy atom. The molecule has 0 spiro atoms. The van der Waals surface area contributed by atoms with E-state index in [0.717, 1.165) is 49.1 Å². The monoisotopic (exact) mass is 613 g/mol. The van der Waals surface area contributed by atoms with Crippen LogP contribution in [0.5, 0.6) is 5.75 Å². The topological polar surface area (TPSA) is 71.3 Å². The van der Waals surface area contributed by atoms with Gasteiger partial charge in [-0.2, -0.15) is 0 Å². The maximum atomic E-state index is 14.1. The first kappa shape index (κ1) is 32.3. The van der Waals surface area contributed by atoms with Crippen molar-refractivity contribution in [1.82, 2.24) is 0 Å². The van der Waals surface area contributed by atoms with Crippen molar-refractivity contribution in [3.05, 3.63) is 53.6 Å². The lowest BCUT2D eigenvalue weighted by atomic mass is 9.68. The third kappa shape index (κ3) is 6.92. The lowest BCUT2D eigenvalue weighted by Gasteiger charge is -2.48. The smallest absolute Gasteiger partial charge is 0.179 e. The van der Waals surface area contributed by atoms with Gasteiger partial charge in [-0.05, 0) is 54.3 Å². The summed E-state index contributed by atoms with van der Waals surface area (Å²) in [6.07, 6.45) is 5.37. The minimum atomic E-state index is -3.61. The Hall–Kier alpha value is -2.13. The molecule has 4 heterocycles. The number of unbranched alkanes of at least 4 members (excludes halogenated alkanes) is 2. The maximum Gasteiger partial charge on any atom is 0.179 e. The largest absolute Gasteiger partial charge is 0.493 e. The van der Waals surface area contributed by atoms with Gasteiger partial charge in [0.25, 0.3) is 0 Å². The van der Waals surface area contributed by atoms with Gasteiger partial charge in [0.1, 0.15) is 45.0 Å². The molecule has 3 saturated heterocycles. The molecule has 6 rings (SSSR count). The van der Waals surface area contributed by atoms with E-state index >= 15 is 0 Å². The van der Waals surface area contributed by atoms with Crippen LogP contribution in [0.25, 0.3) is 0 Å². The third-order valence-corrected chi connectivity index (χ3v) is 12.8. The van der Waals surface area contributed by atoms with Crippen LogP contribution in [0.2, 0.25) is 0 Å². The predicted octanol–water partition coefficient (Wildman–Crippen LogP) is 3.90. The van der Waals surface area contributed by atoms with Crippen LogP contribution in [0.4, 0.5) is 5.69 Å². The number of aliphatic hydroxyl groups is 1. The molecule has 0 aliphatic carbocycles. The fourth-order valence-electron chi connectivity index (χ4n) is 7.98. The van der Waals surface area contributed by atoms with Gasteiger partial charge < -0.3 is 24.1 Å². The molecule has 4 aliphatic heterocycles. The molecule has 2 bridgehead atoms. The number of hydrogen-bond acceptors (Lipinski definition) is 5. The average molecular weight is 614 g/mol. The summed E-state index contributed by atoms with van der Waals surface area (Å²) < 4.78 is 35.6. The zero-order chi connectivity index (χ0) is 30.7. The molecule has 2 aromatic carbocycles. The number of aliphatic hydroxyl groups excluding tert-OH is 1. The number of nitrogens with zero attached hydrogens (tertiary/aromatic N) is 2. The number of piperazine rings is 3. The van der Waals surface area contributed by atoms with Gasteiger partial charge in [0.2, 0.25) is 0 Å². The quantitative estimate of drug-likeness (QED) is 0.265. The van der Waals surface area contributed by atoms with Crippen molar-refractivity contribution in [3.8, 4) is 5.75 Å². The second-order valence-electron chi connectivity index (χ2n) is 13.9. The predicted molar refractivity (Wildman–Crippen MR) is 174 cm³/mol. The molecule has 0 saturated carbocycles. The molecule has 7 nitrogen and oxygen atoms in total. The maximum absolute atomic E-state index is 14.1. The first-order valence-electron chi connectivity index (χ1n) is 16.8. The van der Waals surface area contributed by atoms with Crippen LogP contribution in [-0.2, 0) is 9.84 Å². The van der Waals surface area contributed by atoms with Crippen molar-refractivity contribution in [1.29, 1.82) is 0 Å². The zero-order valence-electron chi connectivity index (χ0n) is 27.0. The Kier molecular flexibility index (Phi) is 10.1. The number of rotatable bonds is 13. The van der Waals surface area contributed by atoms with Gasteiger partial charge in [0, 0.05) is 37.5 Å². The van der Waals surface area contributed by atoms with Gasteiger partial charge in [-0.15, -0.1) is 0 Å². The number of anilines is 1. The summed E-state index contributed by atoms with van der Waals surface area (Å²) in [6.45, 7) is 14.0. The molecule has 8 heteroatoms. The number of quaternary nitrogens is 2. The zero-order valence-corrected chi connectivity index (χ0v) is 27.8. The molecule has 4 aliphatic rings. The molecule has 0 unspecified atom stereocenters. The molecule has 2 aromatic rings. The van der Waals surface area contributed by atoms with Crippen LogP contribution < -0.4 is 14.5 Å². The van der Waals surface area contributed by atoms with Crippen molar-refractivity contribution in [2.75, 3.05) is 77.2 Å². The van der Waals surface area contributed by atoms with Crippen LogP contribution >= 0.6 is 0 Å². The lowest BCUT2D eigenvalue weighted by Crippen LogP contribution is -3.19. The van der Waals surface area contributed by atoms with Gasteiger partial charge in [0.05, 0.1) is 29.9 Å². The highest BCUT2D eigenvalue weighted by Gasteiger charge is 2.49. The Morgan fingerprint density at radius 2 is 1.58 bits per heavy atom. The minimum absolute atomic E-state index is 0.00742. The van der Waals surface area contributed by atoms with Gasteiger partial charge in [-0.25, -0.2) is 8.42 Å². The van der Waals surface area contributed by atoms with Gasteiger partial charge in [0.15, 0.2) is 9.84 Å². The van der Waals surface area contributed by atoms with Crippen LogP contribution in [0.1, 0.15) is 75.8 Å². The van der Waals surface area contributed by atoms with Crippen molar-refractivity contribution >= 4 is 15.5 Å². The summed E-state index contributed by atoms with van der Waals surface area (Å²) in [5, 5.41) is 12.4. The standard InChI is InChI=1S/C35H54N3O4S/c1-5-7-16-35(17-8-6-2)27-43(40,41)32-15-12-29(36(3)4)26-31(32)33(34(35)39)28-10-13-30(14-11-28)42-25-9-21-38-22-18-37(19-23-38)20-24-38/h10-15,26,33-34,39H,5-9,16-25,27H2,1-4H3/q+1/p+1/t33-,34-/m1/s1. The van der Waals surface area contributed by atoms with Gasteiger partial charge >= 0.3 is 0 Å². The number of ether oxygens (including phenoxy) is 1. The Balaban J connectivity index is 1.42. The van der Waals surface area contributed by atoms with Crippen molar-refractivity contribution in [3.63, 3.8) is 0 Å². The van der Waals surface area contributed by atoms with Crippen LogP contribution in [0.3, 0.4) is 0 Å². The molecule has 2 N–H and O–H groups in total.